The molecule has 0 aromatic rings. The Bertz CT molecular complexity index is 1310. The predicted octanol–water partition coefficient (Wildman–Crippen LogP) is 7.74. The van der Waals surface area contributed by atoms with Crippen LogP contribution in [0.25, 0.3) is 0 Å². The van der Waals surface area contributed by atoms with Crippen molar-refractivity contribution in [3.05, 3.63) is 24.3 Å². The van der Waals surface area contributed by atoms with Crippen LogP contribution in [0.15, 0.2) is 24.3 Å². The maximum absolute atomic E-state index is 12.7. The monoisotopic (exact) mass is 914 g/mol. The minimum atomic E-state index is -4.89. The summed E-state index contributed by atoms with van der Waals surface area (Å²) in [5, 5.41) is 41.1. The predicted molar refractivity (Wildman–Crippen MR) is 232 cm³/mol. The molecule has 7 N–H and O–H groups in total. The summed E-state index contributed by atoms with van der Waals surface area (Å²) in [4.78, 5) is 52.9. The van der Waals surface area contributed by atoms with E-state index in [0.717, 1.165) is 50.9 Å². The first-order valence-electron chi connectivity index (χ1n) is 22.6. The second-order valence-electron chi connectivity index (χ2n) is 16.8. The third-order valence-corrected chi connectivity index (χ3v) is 12.0. The summed E-state index contributed by atoms with van der Waals surface area (Å²) < 4.78 is 47.8. The molecule has 8 atom stereocenters. The first kappa shape index (κ1) is 57.5. The highest BCUT2D eigenvalue weighted by atomic mass is 31.2. The Morgan fingerprint density at radius 3 is 1.89 bits per heavy atom. The number of carbonyl (C=O) groups is 2. The third kappa shape index (κ3) is 31.9. The second kappa shape index (κ2) is 33.9. The number of allylic oxidation sites excluding steroid dienone is 2. The van der Waals surface area contributed by atoms with Gasteiger partial charge in [0.15, 0.2) is 6.10 Å². The lowest BCUT2D eigenvalue weighted by atomic mass is 9.89. The van der Waals surface area contributed by atoms with Gasteiger partial charge in [-0.05, 0) is 43.9 Å². The highest BCUT2D eigenvalue weighted by Crippen LogP contribution is 2.44. The number of rotatable bonds is 38. The van der Waals surface area contributed by atoms with E-state index in [9.17, 15) is 44.0 Å². The molecule has 0 heterocycles. The SMILES string of the molecule is CCCCC[C@H](O)/C=C/[C@@H]1[C@@H](C/C=C/CCCC(=O)OC[C@H](COP(=O)(O)OC[C@@H](O)COP(=O)(O)O)OC(=O)CCCCCCCCCCCCCC(C)C)[C@@H](O)C[C@H]1O. The van der Waals surface area contributed by atoms with Crippen molar-refractivity contribution in [3.8, 4) is 0 Å². The average Bonchev–Trinajstić information content (AvgIpc) is 3.46. The van der Waals surface area contributed by atoms with E-state index in [-0.39, 0.29) is 31.1 Å². The van der Waals surface area contributed by atoms with Gasteiger partial charge >= 0.3 is 27.6 Å². The van der Waals surface area contributed by atoms with Crippen molar-refractivity contribution in [1.82, 2.24) is 0 Å². The summed E-state index contributed by atoms with van der Waals surface area (Å²) in [6, 6.07) is 0. The van der Waals surface area contributed by atoms with E-state index in [2.05, 4.69) is 29.8 Å². The standard InChI is InChI=1S/C43H80O16P2/c1-4-5-17-23-35(44)27-28-39-38(40(46)29-41(39)47)24-19-15-16-20-25-42(48)55-32-37(33-58-61(53,54)57-31-36(45)30-56-60(50,51)52)59-43(49)26-21-14-12-10-8-6-7-9-11-13-18-22-34(2)3/h15,19,27-28,34-41,44-47H,4-14,16-18,20-26,29-33H2,1-3H3,(H,53,54)(H2,50,51,52)/b19-15+,28-27+/t35-,36-,37+,38+,39+,40-,41+/m0/s1. The summed E-state index contributed by atoms with van der Waals surface area (Å²) >= 11 is 0. The normalized spacial score (nSPS) is 21.0. The molecule has 0 radical (unpaired) electrons. The highest BCUT2D eigenvalue weighted by molar-refractivity contribution is 7.47. The Kier molecular flexibility index (Phi) is 32.0. The number of phosphoric ester groups is 2. The number of ether oxygens (including phenoxy) is 2. The van der Waals surface area contributed by atoms with Gasteiger partial charge in [-0.1, -0.05) is 135 Å². The molecule has 1 rings (SSSR count). The Morgan fingerprint density at radius 1 is 0.689 bits per heavy atom. The summed E-state index contributed by atoms with van der Waals surface area (Å²) in [7, 11) is -9.76. The number of aliphatic hydroxyl groups excluding tert-OH is 4. The molecular weight excluding hydrogens is 834 g/mol. The highest BCUT2D eigenvalue weighted by Gasteiger charge is 2.39. The summed E-state index contributed by atoms with van der Waals surface area (Å²) in [6.07, 6.45) is 21.4. The summed E-state index contributed by atoms with van der Waals surface area (Å²) in [5.74, 6) is -0.938. The molecule has 0 amide bonds. The van der Waals surface area contributed by atoms with E-state index in [1.807, 2.05) is 18.2 Å². The van der Waals surface area contributed by atoms with Gasteiger partial charge in [0.05, 0.1) is 38.1 Å². The molecule has 0 aromatic heterocycles. The number of esters is 2. The Labute approximate surface area is 364 Å². The zero-order chi connectivity index (χ0) is 45.5. The largest absolute Gasteiger partial charge is 0.472 e. The molecule has 358 valence electrons. The molecule has 1 aliphatic rings. The minimum Gasteiger partial charge on any atom is -0.462 e. The first-order chi connectivity index (χ1) is 28.9. The van der Waals surface area contributed by atoms with E-state index in [1.165, 1.54) is 44.9 Å². The van der Waals surface area contributed by atoms with Crippen molar-refractivity contribution in [1.29, 1.82) is 0 Å². The zero-order valence-electron chi connectivity index (χ0n) is 37.0. The van der Waals surface area contributed by atoms with Crippen molar-refractivity contribution in [2.45, 2.75) is 193 Å². The van der Waals surface area contributed by atoms with Gasteiger partial charge in [0.1, 0.15) is 12.7 Å². The van der Waals surface area contributed by atoms with Gasteiger partial charge in [0, 0.05) is 25.2 Å². The number of aliphatic hydroxyl groups is 4. The van der Waals surface area contributed by atoms with Crippen LogP contribution in [0.3, 0.4) is 0 Å². The number of carbonyl (C=O) groups excluding carboxylic acids is 2. The molecule has 1 fully saturated rings. The maximum atomic E-state index is 12.7. The molecule has 0 saturated heterocycles. The van der Waals surface area contributed by atoms with Gasteiger partial charge in [-0.2, -0.15) is 0 Å². The van der Waals surface area contributed by atoms with Gasteiger partial charge in [0.25, 0.3) is 0 Å². The van der Waals surface area contributed by atoms with Gasteiger partial charge in [-0.3, -0.25) is 23.2 Å². The molecule has 1 unspecified atom stereocenters. The van der Waals surface area contributed by atoms with E-state index < -0.39 is 84.5 Å². The van der Waals surface area contributed by atoms with Crippen LogP contribution in [0.4, 0.5) is 0 Å². The molecule has 61 heavy (non-hydrogen) atoms. The van der Waals surface area contributed by atoms with Crippen molar-refractivity contribution in [2.75, 3.05) is 26.4 Å². The lowest BCUT2D eigenvalue weighted by Gasteiger charge is -2.20. The fourth-order valence-electron chi connectivity index (χ4n) is 7.06. The summed E-state index contributed by atoms with van der Waals surface area (Å²) in [5.41, 5.74) is 0. The maximum Gasteiger partial charge on any atom is 0.472 e. The lowest BCUT2D eigenvalue weighted by molar-refractivity contribution is -0.161. The van der Waals surface area contributed by atoms with Crippen molar-refractivity contribution in [2.24, 2.45) is 17.8 Å². The fourth-order valence-corrected chi connectivity index (χ4v) is 8.21. The van der Waals surface area contributed by atoms with Crippen LogP contribution >= 0.6 is 15.6 Å². The van der Waals surface area contributed by atoms with Crippen molar-refractivity contribution >= 4 is 27.6 Å². The lowest BCUT2D eigenvalue weighted by Crippen LogP contribution is -2.30. The van der Waals surface area contributed by atoms with Gasteiger partial charge < -0.3 is 44.6 Å². The van der Waals surface area contributed by atoms with Crippen molar-refractivity contribution < 1.29 is 76.9 Å². The van der Waals surface area contributed by atoms with E-state index in [4.69, 9.17) is 23.8 Å². The molecule has 18 heteroatoms. The summed E-state index contributed by atoms with van der Waals surface area (Å²) in [6.45, 7) is 3.69. The number of unbranched alkanes of at least 4 members (excludes halogenated alkanes) is 13. The molecule has 16 nitrogen and oxygen atoms in total. The molecular formula is C43H80O16P2. The van der Waals surface area contributed by atoms with Gasteiger partial charge in [-0.25, -0.2) is 9.13 Å². The van der Waals surface area contributed by atoms with Crippen LogP contribution in [0.1, 0.15) is 162 Å². The minimum absolute atomic E-state index is 0.0202. The van der Waals surface area contributed by atoms with Gasteiger partial charge in [-0.15, -0.1) is 0 Å². The average molecular weight is 915 g/mol. The van der Waals surface area contributed by atoms with E-state index >= 15 is 0 Å². The van der Waals surface area contributed by atoms with Crippen LogP contribution in [-0.4, -0.2) is 104 Å². The zero-order valence-corrected chi connectivity index (χ0v) is 38.8. The molecule has 1 aliphatic carbocycles. The van der Waals surface area contributed by atoms with Crippen LogP contribution in [0.5, 0.6) is 0 Å². The Balaban J connectivity index is 2.56. The topological polar surface area (TPSA) is 256 Å². The molecule has 0 aliphatic heterocycles. The molecule has 0 aromatic carbocycles. The van der Waals surface area contributed by atoms with Crippen LogP contribution in [0.2, 0.25) is 0 Å². The van der Waals surface area contributed by atoms with Crippen LogP contribution in [0, 0.1) is 17.8 Å². The fraction of sp³-hybridized carbons (Fsp3) is 0.860. The first-order valence-corrected chi connectivity index (χ1v) is 25.7. The smallest absolute Gasteiger partial charge is 0.462 e. The van der Waals surface area contributed by atoms with E-state index in [0.29, 0.717) is 32.1 Å². The van der Waals surface area contributed by atoms with Crippen LogP contribution in [-0.2, 0) is 41.8 Å². The molecule has 0 spiro atoms. The quantitative estimate of drug-likeness (QED) is 0.0135. The number of hydrogen-bond donors (Lipinski definition) is 7. The molecule has 1 saturated carbocycles. The van der Waals surface area contributed by atoms with Gasteiger partial charge in [0.2, 0.25) is 0 Å². The van der Waals surface area contributed by atoms with Crippen molar-refractivity contribution in [3.63, 3.8) is 0 Å². The Morgan fingerprint density at radius 2 is 1.26 bits per heavy atom. The molecule has 0 bridgehead atoms. The third-order valence-electron chi connectivity index (χ3n) is 10.6. The van der Waals surface area contributed by atoms with E-state index in [1.54, 1.807) is 6.08 Å². The Hall–Kier alpha value is -1.52. The number of hydrogen-bond acceptors (Lipinski definition) is 13. The number of phosphoric acid groups is 2. The van der Waals surface area contributed by atoms with Crippen LogP contribution < -0.4 is 0 Å². The second-order valence-corrected chi connectivity index (χ2v) is 19.5.